The number of rotatable bonds is 11. The number of aliphatic imine (C=N–C) groups is 1. The van der Waals surface area contributed by atoms with E-state index < -0.39 is 18.4 Å². The molecule has 1 aromatic carbocycles. The average molecular weight is 480 g/mol. The van der Waals surface area contributed by atoms with Crippen LogP contribution in [0, 0.1) is 0 Å². The van der Waals surface area contributed by atoms with Gasteiger partial charge in [-0.25, -0.2) is 0 Å². The number of carbonyl (C=O) groups excluding carboxylic acids is 1. The van der Waals surface area contributed by atoms with Crippen LogP contribution in [0.15, 0.2) is 29.3 Å². The van der Waals surface area contributed by atoms with Crippen LogP contribution >= 0.6 is 0 Å². The molecule has 0 unspecified atom stereocenters. The van der Waals surface area contributed by atoms with E-state index in [1.165, 1.54) is 51.8 Å². The molecule has 5 heteroatoms. The molecule has 1 heterocycles. The first-order valence-electron chi connectivity index (χ1n) is 10.6. The Kier molecular flexibility index (Phi) is 9.66. The van der Waals surface area contributed by atoms with Gasteiger partial charge in [0.05, 0.1) is 0 Å². The van der Waals surface area contributed by atoms with E-state index in [4.69, 9.17) is 9.47 Å². The molecule has 0 radical (unpaired) electrons. The molecular formula is C22H35NO3Sn. The summed E-state index contributed by atoms with van der Waals surface area (Å²) in [6.45, 7) is 7.94. The summed E-state index contributed by atoms with van der Waals surface area (Å²) < 4.78 is 16.3. The van der Waals surface area contributed by atoms with Gasteiger partial charge in [-0.1, -0.05) is 0 Å². The van der Waals surface area contributed by atoms with E-state index in [1.54, 1.807) is 3.58 Å². The van der Waals surface area contributed by atoms with Crippen LogP contribution in [0.5, 0.6) is 0 Å². The van der Waals surface area contributed by atoms with Crippen LogP contribution in [-0.2, 0) is 9.47 Å². The van der Waals surface area contributed by atoms with Gasteiger partial charge < -0.3 is 0 Å². The fourth-order valence-corrected chi connectivity index (χ4v) is 19.8. The van der Waals surface area contributed by atoms with Crippen LogP contribution in [0.25, 0.3) is 0 Å². The third-order valence-electron chi connectivity index (χ3n) is 5.50. The Hall–Kier alpha value is -1.04. The predicted molar refractivity (Wildman–Crippen MR) is 115 cm³/mol. The van der Waals surface area contributed by atoms with Crippen LogP contribution in [0.4, 0.5) is 0 Å². The van der Waals surface area contributed by atoms with Gasteiger partial charge in [0.15, 0.2) is 0 Å². The molecule has 0 bridgehead atoms. The fourth-order valence-electron chi connectivity index (χ4n) is 3.83. The van der Waals surface area contributed by atoms with Crippen molar-refractivity contribution in [1.82, 2.24) is 0 Å². The number of ether oxygens (including phenoxy) is 2. The SMILES string of the molecule is CCC[CH2][Sn]([CH2]CCC)([CH2]CCC)[c]1ccc(C(=O)OC2=NCCO2)cc1. The summed E-state index contributed by atoms with van der Waals surface area (Å²) >= 11 is -2.43. The second-order valence-corrected chi connectivity index (χ2v) is 20.8. The molecule has 0 N–H and O–H groups in total. The van der Waals surface area contributed by atoms with E-state index >= 15 is 0 Å². The Morgan fingerprint density at radius 2 is 1.56 bits per heavy atom. The van der Waals surface area contributed by atoms with E-state index in [0.717, 1.165) is 0 Å². The van der Waals surface area contributed by atoms with Gasteiger partial charge in [0, 0.05) is 0 Å². The topological polar surface area (TPSA) is 47.9 Å². The third kappa shape index (κ3) is 6.51. The zero-order chi connectivity index (χ0) is 19.5. The van der Waals surface area contributed by atoms with E-state index in [0.29, 0.717) is 18.7 Å². The van der Waals surface area contributed by atoms with Gasteiger partial charge in [-0.15, -0.1) is 0 Å². The Morgan fingerprint density at radius 1 is 1.00 bits per heavy atom. The second kappa shape index (κ2) is 11.7. The van der Waals surface area contributed by atoms with Crippen molar-refractivity contribution in [3.63, 3.8) is 0 Å². The molecule has 0 atom stereocenters. The number of hydrogen-bond acceptors (Lipinski definition) is 4. The number of hydrogen-bond donors (Lipinski definition) is 0. The molecule has 0 saturated carbocycles. The molecule has 2 rings (SSSR count). The molecular weight excluding hydrogens is 445 g/mol. The molecule has 1 aliphatic rings. The van der Waals surface area contributed by atoms with Gasteiger partial charge in [-0.3, -0.25) is 0 Å². The van der Waals surface area contributed by atoms with Crippen molar-refractivity contribution >= 4 is 34.0 Å². The number of nitrogens with zero attached hydrogens (tertiary/aromatic N) is 1. The monoisotopic (exact) mass is 481 g/mol. The Bertz CT molecular complexity index is 591. The molecule has 4 nitrogen and oxygen atoms in total. The van der Waals surface area contributed by atoms with Gasteiger partial charge in [0.25, 0.3) is 0 Å². The molecule has 1 aliphatic heterocycles. The van der Waals surface area contributed by atoms with Crippen molar-refractivity contribution < 1.29 is 14.3 Å². The van der Waals surface area contributed by atoms with Gasteiger partial charge in [-0.05, 0) is 0 Å². The van der Waals surface area contributed by atoms with Crippen molar-refractivity contribution in [2.24, 2.45) is 4.99 Å². The predicted octanol–water partition coefficient (Wildman–Crippen LogP) is 5.29. The quantitative estimate of drug-likeness (QED) is 0.320. The molecule has 0 amide bonds. The van der Waals surface area contributed by atoms with Gasteiger partial charge in [0.2, 0.25) is 0 Å². The molecule has 150 valence electrons. The van der Waals surface area contributed by atoms with Crippen molar-refractivity contribution in [2.75, 3.05) is 13.2 Å². The summed E-state index contributed by atoms with van der Waals surface area (Å²) in [5, 5.41) is 0. The summed E-state index contributed by atoms with van der Waals surface area (Å²) in [7, 11) is 0. The second-order valence-electron chi connectivity index (χ2n) is 7.55. The third-order valence-corrected chi connectivity index (χ3v) is 21.2. The standard InChI is InChI=1S/C10H8NO3.3C4H9.Sn/c12-9(8-4-2-1-3-5-8)14-10-11-6-7-13-10;3*1-3-4-2;/h2-5H,6-7H2;3*1,3-4H2,2H3;. The van der Waals surface area contributed by atoms with E-state index in [2.05, 4.69) is 37.9 Å². The number of benzene rings is 1. The number of unbranched alkanes of at least 4 members (excludes halogenated alkanes) is 3. The molecule has 1 aromatic rings. The molecule has 0 saturated heterocycles. The van der Waals surface area contributed by atoms with Gasteiger partial charge in [0.1, 0.15) is 0 Å². The van der Waals surface area contributed by atoms with Crippen LogP contribution in [-0.4, -0.2) is 43.6 Å². The van der Waals surface area contributed by atoms with E-state index in [9.17, 15) is 4.79 Å². The summed E-state index contributed by atoms with van der Waals surface area (Å²) in [4.78, 5) is 16.3. The Morgan fingerprint density at radius 3 is 2.00 bits per heavy atom. The Labute approximate surface area is 168 Å². The molecule has 27 heavy (non-hydrogen) atoms. The molecule has 0 spiro atoms. The van der Waals surface area contributed by atoms with Gasteiger partial charge in [-0.2, -0.15) is 0 Å². The average Bonchev–Trinajstić information content (AvgIpc) is 3.21. The molecule has 0 aromatic heterocycles. The fraction of sp³-hybridized carbons (Fsp3) is 0.636. The molecule has 0 aliphatic carbocycles. The first kappa shape index (κ1) is 22.2. The Balaban J connectivity index is 2.18. The van der Waals surface area contributed by atoms with E-state index in [1.807, 2.05) is 12.1 Å². The van der Waals surface area contributed by atoms with Crippen LogP contribution in [0.3, 0.4) is 0 Å². The summed E-state index contributed by atoms with van der Waals surface area (Å²) in [5.41, 5.74) is 0.582. The normalized spacial score (nSPS) is 14.0. The zero-order valence-corrected chi connectivity index (χ0v) is 20.1. The van der Waals surface area contributed by atoms with Crippen molar-refractivity contribution in [3.8, 4) is 0 Å². The molecule has 0 fully saturated rings. The summed E-state index contributed by atoms with van der Waals surface area (Å²) in [5.74, 6) is -0.376. The van der Waals surface area contributed by atoms with Crippen molar-refractivity contribution in [3.05, 3.63) is 29.8 Å². The van der Waals surface area contributed by atoms with Crippen LogP contribution < -0.4 is 3.58 Å². The van der Waals surface area contributed by atoms with Crippen LogP contribution in [0.2, 0.25) is 13.3 Å². The van der Waals surface area contributed by atoms with Gasteiger partial charge >= 0.3 is 169 Å². The first-order valence-corrected chi connectivity index (χ1v) is 18.1. The van der Waals surface area contributed by atoms with E-state index in [-0.39, 0.29) is 12.1 Å². The first-order chi connectivity index (χ1) is 13.1. The van der Waals surface area contributed by atoms with Crippen molar-refractivity contribution in [2.45, 2.75) is 72.6 Å². The number of esters is 1. The minimum absolute atomic E-state index is 0.103. The summed E-state index contributed by atoms with van der Waals surface area (Å²) in [6, 6.07) is 8.35. The maximum atomic E-state index is 12.3. The zero-order valence-electron chi connectivity index (χ0n) is 17.3. The maximum absolute atomic E-state index is 12.3. The van der Waals surface area contributed by atoms with Crippen molar-refractivity contribution in [1.29, 1.82) is 0 Å². The van der Waals surface area contributed by atoms with Crippen LogP contribution in [0.1, 0.15) is 69.7 Å². The number of carbonyl (C=O) groups is 1. The minimum atomic E-state index is -2.43. The summed E-state index contributed by atoms with van der Waals surface area (Å²) in [6.07, 6.45) is 7.92.